The van der Waals surface area contributed by atoms with Gasteiger partial charge < -0.3 is 5.32 Å². The van der Waals surface area contributed by atoms with Crippen molar-refractivity contribution >= 4 is 17.6 Å². The molecule has 2 heteroatoms. The Morgan fingerprint density at radius 2 is 1.44 bits per heavy atom. The monoisotopic (exact) mass is 351 g/mol. The summed E-state index contributed by atoms with van der Waals surface area (Å²) >= 11 is 0. The number of hydrogen-bond donors (Lipinski definition) is 1. The molecule has 1 aliphatic rings. The number of amides is 1. The SMILES string of the molecule is Cc1ccc(/C=C/C2(c3ccccc3)C=C(c3ccccc3)C(=O)N2)cc1. The van der Waals surface area contributed by atoms with E-state index in [2.05, 4.69) is 48.7 Å². The van der Waals surface area contributed by atoms with Crippen LogP contribution in [0.3, 0.4) is 0 Å². The molecule has 1 atom stereocenters. The van der Waals surface area contributed by atoms with Crippen LogP contribution in [0.2, 0.25) is 0 Å². The molecule has 27 heavy (non-hydrogen) atoms. The Morgan fingerprint density at radius 3 is 2.11 bits per heavy atom. The molecule has 0 aromatic heterocycles. The second kappa shape index (κ2) is 7.08. The van der Waals surface area contributed by atoms with Gasteiger partial charge in [-0.15, -0.1) is 0 Å². The van der Waals surface area contributed by atoms with Crippen LogP contribution in [0.15, 0.2) is 97.1 Å². The Morgan fingerprint density at radius 1 is 0.815 bits per heavy atom. The third-order valence-electron chi connectivity index (χ3n) is 4.89. The minimum absolute atomic E-state index is 0.0568. The minimum atomic E-state index is -0.658. The molecule has 0 spiro atoms. The van der Waals surface area contributed by atoms with E-state index in [0.717, 1.165) is 16.7 Å². The molecule has 1 amide bonds. The summed E-state index contributed by atoms with van der Waals surface area (Å²) in [6.07, 6.45) is 6.17. The van der Waals surface area contributed by atoms with Crippen LogP contribution in [-0.4, -0.2) is 5.91 Å². The van der Waals surface area contributed by atoms with Gasteiger partial charge >= 0.3 is 0 Å². The summed E-state index contributed by atoms with van der Waals surface area (Å²) in [6.45, 7) is 2.07. The van der Waals surface area contributed by atoms with Crippen LogP contribution in [0.5, 0.6) is 0 Å². The highest BCUT2D eigenvalue weighted by Crippen LogP contribution is 2.35. The first kappa shape index (κ1) is 17.0. The Kier molecular flexibility index (Phi) is 4.47. The van der Waals surface area contributed by atoms with Crippen LogP contribution in [-0.2, 0) is 10.3 Å². The molecule has 1 aliphatic heterocycles. The average Bonchev–Trinajstić information content (AvgIpc) is 3.07. The number of nitrogens with one attached hydrogen (secondary N) is 1. The molecule has 2 nitrogen and oxygen atoms in total. The number of benzene rings is 3. The summed E-state index contributed by atoms with van der Waals surface area (Å²) < 4.78 is 0. The fraction of sp³-hybridized carbons (Fsp3) is 0.0800. The van der Waals surface area contributed by atoms with Crippen LogP contribution >= 0.6 is 0 Å². The van der Waals surface area contributed by atoms with E-state index in [1.54, 1.807) is 0 Å². The highest BCUT2D eigenvalue weighted by molar-refractivity contribution is 6.22. The van der Waals surface area contributed by atoms with Crippen LogP contribution < -0.4 is 5.32 Å². The molecule has 0 saturated heterocycles. The lowest BCUT2D eigenvalue weighted by Gasteiger charge is -2.24. The first-order valence-corrected chi connectivity index (χ1v) is 9.08. The lowest BCUT2D eigenvalue weighted by molar-refractivity contribution is -0.115. The van der Waals surface area contributed by atoms with Gasteiger partial charge in [0, 0.05) is 5.57 Å². The van der Waals surface area contributed by atoms with Crippen molar-refractivity contribution in [2.75, 3.05) is 0 Å². The lowest BCUT2D eigenvalue weighted by atomic mass is 9.88. The fourth-order valence-electron chi connectivity index (χ4n) is 3.38. The van der Waals surface area contributed by atoms with Crippen molar-refractivity contribution in [3.8, 4) is 0 Å². The van der Waals surface area contributed by atoms with E-state index in [1.807, 2.05) is 66.7 Å². The first-order chi connectivity index (χ1) is 13.2. The number of carbonyl (C=O) groups is 1. The van der Waals surface area contributed by atoms with Crippen molar-refractivity contribution < 1.29 is 4.79 Å². The van der Waals surface area contributed by atoms with Crippen LogP contribution in [0.1, 0.15) is 22.3 Å². The van der Waals surface area contributed by atoms with Gasteiger partial charge in [0.1, 0.15) is 5.54 Å². The Bertz CT molecular complexity index is 1000. The molecule has 4 rings (SSSR count). The van der Waals surface area contributed by atoms with Crippen LogP contribution in [0, 0.1) is 6.92 Å². The van der Waals surface area contributed by atoms with Gasteiger partial charge in [-0.3, -0.25) is 4.79 Å². The number of aryl methyl sites for hydroxylation is 1. The van der Waals surface area contributed by atoms with Crippen molar-refractivity contribution in [3.63, 3.8) is 0 Å². The Balaban J connectivity index is 1.80. The molecule has 1 heterocycles. The normalized spacial score (nSPS) is 19.1. The van der Waals surface area contributed by atoms with E-state index >= 15 is 0 Å². The summed E-state index contributed by atoms with van der Waals surface area (Å²) in [4.78, 5) is 12.8. The number of hydrogen-bond acceptors (Lipinski definition) is 1. The van der Waals surface area contributed by atoms with Crippen molar-refractivity contribution in [2.24, 2.45) is 0 Å². The molecule has 3 aromatic rings. The van der Waals surface area contributed by atoms with E-state index in [9.17, 15) is 4.79 Å². The van der Waals surface area contributed by atoms with Crippen molar-refractivity contribution in [2.45, 2.75) is 12.5 Å². The van der Waals surface area contributed by atoms with Crippen molar-refractivity contribution in [1.82, 2.24) is 5.32 Å². The molecular weight excluding hydrogens is 330 g/mol. The van der Waals surface area contributed by atoms with Gasteiger partial charge in [-0.1, -0.05) is 103 Å². The zero-order chi connectivity index (χ0) is 18.7. The maximum atomic E-state index is 12.8. The van der Waals surface area contributed by atoms with E-state index < -0.39 is 5.54 Å². The molecular formula is C25H21NO. The van der Waals surface area contributed by atoms with Gasteiger partial charge in [-0.25, -0.2) is 0 Å². The fourth-order valence-corrected chi connectivity index (χ4v) is 3.38. The van der Waals surface area contributed by atoms with Crippen LogP contribution in [0.4, 0.5) is 0 Å². The summed E-state index contributed by atoms with van der Waals surface area (Å²) in [5.74, 6) is -0.0568. The molecule has 132 valence electrons. The van der Waals surface area contributed by atoms with Gasteiger partial charge in [-0.05, 0) is 29.7 Å². The predicted octanol–water partition coefficient (Wildman–Crippen LogP) is 5.12. The largest absolute Gasteiger partial charge is 0.335 e. The zero-order valence-corrected chi connectivity index (χ0v) is 15.2. The summed E-state index contributed by atoms with van der Waals surface area (Å²) in [7, 11) is 0. The number of carbonyl (C=O) groups excluding carboxylic acids is 1. The summed E-state index contributed by atoms with van der Waals surface area (Å²) in [5.41, 5.74) is 4.34. The second-order valence-electron chi connectivity index (χ2n) is 6.86. The van der Waals surface area contributed by atoms with Crippen LogP contribution in [0.25, 0.3) is 11.6 Å². The van der Waals surface area contributed by atoms with Gasteiger partial charge in [0.2, 0.25) is 0 Å². The number of rotatable bonds is 4. The molecule has 0 fully saturated rings. The summed E-state index contributed by atoms with van der Waals surface area (Å²) in [5, 5.41) is 3.20. The molecule has 0 aliphatic carbocycles. The molecule has 1 unspecified atom stereocenters. The second-order valence-corrected chi connectivity index (χ2v) is 6.86. The molecule has 1 N–H and O–H groups in total. The summed E-state index contributed by atoms with van der Waals surface area (Å²) in [6, 6.07) is 28.2. The highest BCUT2D eigenvalue weighted by atomic mass is 16.2. The molecule has 0 radical (unpaired) electrons. The molecule has 0 saturated carbocycles. The maximum absolute atomic E-state index is 12.8. The molecule has 0 bridgehead atoms. The molecule has 3 aromatic carbocycles. The quantitative estimate of drug-likeness (QED) is 0.695. The topological polar surface area (TPSA) is 29.1 Å². The zero-order valence-electron chi connectivity index (χ0n) is 15.2. The van der Waals surface area contributed by atoms with Crippen molar-refractivity contribution in [3.05, 3.63) is 119 Å². The Hall–Kier alpha value is -3.39. The van der Waals surface area contributed by atoms with E-state index in [0.29, 0.717) is 5.57 Å². The van der Waals surface area contributed by atoms with Gasteiger partial charge in [0.25, 0.3) is 5.91 Å². The lowest BCUT2D eigenvalue weighted by Crippen LogP contribution is -2.37. The van der Waals surface area contributed by atoms with Crippen molar-refractivity contribution in [1.29, 1.82) is 0 Å². The standard InChI is InChI=1S/C25H21NO/c1-19-12-14-20(15-13-19)16-17-25(22-10-6-3-7-11-22)18-23(24(27)26-25)21-8-4-2-5-9-21/h2-18H,1H3,(H,26,27)/b17-16+. The minimum Gasteiger partial charge on any atom is -0.335 e. The van der Waals surface area contributed by atoms with E-state index in [-0.39, 0.29) is 5.91 Å². The Labute approximate surface area is 159 Å². The first-order valence-electron chi connectivity index (χ1n) is 9.08. The smallest absolute Gasteiger partial charge is 0.252 e. The highest BCUT2D eigenvalue weighted by Gasteiger charge is 2.37. The predicted molar refractivity (Wildman–Crippen MR) is 111 cm³/mol. The van der Waals surface area contributed by atoms with Gasteiger partial charge in [0.05, 0.1) is 0 Å². The third-order valence-corrected chi connectivity index (χ3v) is 4.89. The van der Waals surface area contributed by atoms with Gasteiger partial charge in [0.15, 0.2) is 0 Å². The van der Waals surface area contributed by atoms with E-state index in [4.69, 9.17) is 0 Å². The van der Waals surface area contributed by atoms with Gasteiger partial charge in [-0.2, -0.15) is 0 Å². The average molecular weight is 351 g/mol. The van der Waals surface area contributed by atoms with E-state index in [1.165, 1.54) is 5.56 Å². The maximum Gasteiger partial charge on any atom is 0.252 e. The third kappa shape index (κ3) is 3.47.